The maximum atomic E-state index is 7.00. The van der Waals surface area contributed by atoms with E-state index in [9.17, 15) is 0 Å². The molecule has 0 aliphatic rings. The van der Waals surface area contributed by atoms with E-state index in [4.69, 9.17) is 15.3 Å². The Labute approximate surface area is 110 Å². The van der Waals surface area contributed by atoms with Crippen molar-refractivity contribution in [2.24, 2.45) is 0 Å². The molecule has 0 rings (SSSR count). The SMILES string of the molecule is CO.CO.CO.[CH2-]CCN(CC)CC.[Ti]. The first kappa shape index (κ1) is 29.6. The Morgan fingerprint density at radius 1 is 0.867 bits per heavy atom. The van der Waals surface area contributed by atoms with Gasteiger partial charge in [0, 0.05) is 43.0 Å². The van der Waals surface area contributed by atoms with E-state index in [1.54, 1.807) is 0 Å². The number of nitrogens with zero attached hydrogens (tertiary/aromatic N) is 1. The van der Waals surface area contributed by atoms with Crippen LogP contribution < -0.4 is 0 Å². The van der Waals surface area contributed by atoms with Crippen molar-refractivity contribution in [1.82, 2.24) is 4.90 Å². The molecule has 0 aliphatic heterocycles. The molecule has 0 radical (unpaired) electrons. The van der Waals surface area contributed by atoms with Crippen LogP contribution in [0, 0.1) is 6.92 Å². The second-order valence-corrected chi connectivity index (χ2v) is 1.88. The monoisotopic (exact) mass is 258 g/mol. The third-order valence-electron chi connectivity index (χ3n) is 1.37. The van der Waals surface area contributed by atoms with Gasteiger partial charge in [-0.25, -0.2) is 0 Å². The minimum Gasteiger partial charge on any atom is -0.400 e. The minimum atomic E-state index is 0. The Kier molecular flexibility index (Phi) is 92.4. The van der Waals surface area contributed by atoms with Crippen molar-refractivity contribution >= 4 is 0 Å². The molecule has 0 unspecified atom stereocenters. The van der Waals surface area contributed by atoms with Crippen LogP contribution in [-0.2, 0) is 21.7 Å². The molecule has 3 N–H and O–H groups in total. The summed E-state index contributed by atoms with van der Waals surface area (Å²) in [4.78, 5) is 2.37. The summed E-state index contributed by atoms with van der Waals surface area (Å²) in [6.45, 7) is 11.6. The average Bonchev–Trinajstić information content (AvgIpc) is 2.33. The van der Waals surface area contributed by atoms with Crippen LogP contribution in [0.1, 0.15) is 20.3 Å². The van der Waals surface area contributed by atoms with Gasteiger partial charge in [-0.1, -0.05) is 13.8 Å². The van der Waals surface area contributed by atoms with Gasteiger partial charge in [-0.05, 0) is 19.6 Å². The van der Waals surface area contributed by atoms with Crippen LogP contribution in [0.2, 0.25) is 0 Å². The van der Waals surface area contributed by atoms with Crippen molar-refractivity contribution in [3.05, 3.63) is 6.92 Å². The first-order valence-corrected chi connectivity index (χ1v) is 4.70. The summed E-state index contributed by atoms with van der Waals surface area (Å²) in [7, 11) is 3.00. The maximum absolute atomic E-state index is 7.00. The summed E-state index contributed by atoms with van der Waals surface area (Å²) in [6, 6.07) is 0. The number of aliphatic hydroxyl groups excluding tert-OH is 3. The number of aliphatic hydroxyl groups is 3. The fourth-order valence-electron chi connectivity index (χ4n) is 0.763. The van der Waals surface area contributed by atoms with E-state index in [-0.39, 0.29) is 21.7 Å². The molecule has 0 saturated carbocycles. The van der Waals surface area contributed by atoms with Crippen LogP contribution >= 0.6 is 0 Å². The van der Waals surface area contributed by atoms with Crippen molar-refractivity contribution in [2.75, 3.05) is 41.0 Å². The molecule has 0 saturated heterocycles. The van der Waals surface area contributed by atoms with E-state index < -0.39 is 0 Å². The van der Waals surface area contributed by atoms with Gasteiger partial charge < -0.3 is 27.1 Å². The van der Waals surface area contributed by atoms with Crippen molar-refractivity contribution in [1.29, 1.82) is 0 Å². The smallest absolute Gasteiger partial charge is 0.0319 e. The van der Waals surface area contributed by atoms with Gasteiger partial charge in [0.1, 0.15) is 0 Å². The summed E-state index contributed by atoms with van der Waals surface area (Å²) >= 11 is 0. The molecule has 96 valence electrons. The predicted molar refractivity (Wildman–Crippen MR) is 62.2 cm³/mol. The van der Waals surface area contributed by atoms with Crippen LogP contribution in [0.25, 0.3) is 0 Å². The summed E-state index contributed by atoms with van der Waals surface area (Å²) in [5.74, 6) is 0. The van der Waals surface area contributed by atoms with E-state index in [1.807, 2.05) is 0 Å². The van der Waals surface area contributed by atoms with E-state index in [2.05, 4.69) is 25.7 Å². The molecular weight excluding hydrogens is 230 g/mol. The second kappa shape index (κ2) is 46.9. The molecule has 0 spiro atoms. The van der Waals surface area contributed by atoms with E-state index in [1.165, 1.54) is 0 Å². The zero-order chi connectivity index (χ0) is 12.4. The number of rotatable bonds is 4. The molecule has 0 fully saturated rings. The minimum absolute atomic E-state index is 0. The molecule has 0 aromatic carbocycles. The van der Waals surface area contributed by atoms with E-state index >= 15 is 0 Å². The molecule has 5 heteroatoms. The Hall–Kier alpha value is 0.554. The summed E-state index contributed by atoms with van der Waals surface area (Å²) in [6.07, 6.45) is 1.03. The third-order valence-corrected chi connectivity index (χ3v) is 1.37. The molecule has 15 heavy (non-hydrogen) atoms. The van der Waals surface area contributed by atoms with Gasteiger partial charge in [0.25, 0.3) is 0 Å². The molecule has 0 atom stereocenters. The fraction of sp³-hybridized carbons (Fsp3) is 0.900. The van der Waals surface area contributed by atoms with Crippen LogP contribution in [-0.4, -0.2) is 61.2 Å². The van der Waals surface area contributed by atoms with E-state index in [0.29, 0.717) is 0 Å². The van der Waals surface area contributed by atoms with Gasteiger partial charge in [-0.15, -0.1) is 0 Å². The molecule has 0 aromatic rings. The number of hydrogen-bond acceptors (Lipinski definition) is 4. The van der Waals surface area contributed by atoms with Crippen LogP contribution in [0.15, 0.2) is 0 Å². The average molecular weight is 258 g/mol. The van der Waals surface area contributed by atoms with Gasteiger partial charge in [0.15, 0.2) is 0 Å². The summed E-state index contributed by atoms with van der Waals surface area (Å²) in [5, 5.41) is 21.0. The fourth-order valence-corrected chi connectivity index (χ4v) is 0.763. The molecular formula is C10H28NO3Ti-. The first-order valence-electron chi connectivity index (χ1n) is 4.70. The van der Waals surface area contributed by atoms with E-state index in [0.717, 1.165) is 47.4 Å². The predicted octanol–water partition coefficient (Wildman–Crippen LogP) is 0.375. The van der Waals surface area contributed by atoms with Gasteiger partial charge in [-0.3, -0.25) is 0 Å². The largest absolute Gasteiger partial charge is 0.400 e. The van der Waals surface area contributed by atoms with Gasteiger partial charge >= 0.3 is 0 Å². The van der Waals surface area contributed by atoms with Crippen molar-refractivity contribution in [3.8, 4) is 0 Å². The van der Waals surface area contributed by atoms with Crippen LogP contribution in [0.4, 0.5) is 0 Å². The van der Waals surface area contributed by atoms with Gasteiger partial charge in [0.2, 0.25) is 0 Å². The Morgan fingerprint density at radius 3 is 1.20 bits per heavy atom. The standard InChI is InChI=1S/C7H16N.3CH4O.Ti/c1-4-7-8(5-2)6-3;3*1-2;/h1,4-7H2,2-3H3;3*2H,1H3;/q-1;;;;. The maximum Gasteiger partial charge on any atom is 0.0319 e. The third kappa shape index (κ3) is 40.2. The molecule has 0 heterocycles. The summed E-state index contributed by atoms with van der Waals surface area (Å²) in [5.41, 5.74) is 0. The van der Waals surface area contributed by atoms with Gasteiger partial charge in [-0.2, -0.15) is 6.42 Å². The number of hydrogen-bond donors (Lipinski definition) is 3. The zero-order valence-corrected chi connectivity index (χ0v) is 12.4. The molecule has 0 amide bonds. The Balaban J connectivity index is -0.0000000410. The van der Waals surface area contributed by atoms with Crippen molar-refractivity contribution in [2.45, 2.75) is 20.3 Å². The molecule has 0 aliphatic carbocycles. The van der Waals surface area contributed by atoms with Crippen molar-refractivity contribution < 1.29 is 37.0 Å². The zero-order valence-electron chi connectivity index (χ0n) is 10.8. The molecule has 0 aromatic heterocycles. The Bertz CT molecular complexity index is 55.9. The first-order chi connectivity index (χ1) is 6.85. The summed E-state index contributed by atoms with van der Waals surface area (Å²) < 4.78 is 0. The van der Waals surface area contributed by atoms with Gasteiger partial charge in [0.05, 0.1) is 0 Å². The topological polar surface area (TPSA) is 63.9 Å². The molecule has 4 nitrogen and oxygen atoms in total. The van der Waals surface area contributed by atoms with Crippen molar-refractivity contribution in [3.63, 3.8) is 0 Å². The Morgan fingerprint density at radius 2 is 1.13 bits per heavy atom. The normalized spacial score (nSPS) is 6.80. The van der Waals surface area contributed by atoms with Crippen LogP contribution in [0.5, 0.6) is 0 Å². The second-order valence-electron chi connectivity index (χ2n) is 1.88. The quantitative estimate of drug-likeness (QED) is 0.504. The molecule has 0 bridgehead atoms. The van der Waals surface area contributed by atoms with Crippen LogP contribution in [0.3, 0.4) is 0 Å².